The normalized spacial score (nSPS) is 13.2. The number of carbonyl (C=O) groups is 2. The Kier molecular flexibility index (Phi) is 9.88. The molecule has 212 valence electrons. The molecular weight excluding hydrogens is 510 g/mol. The van der Waals surface area contributed by atoms with E-state index in [0.717, 1.165) is 30.6 Å². The van der Waals surface area contributed by atoms with Gasteiger partial charge in [-0.2, -0.15) is 0 Å². The SMILES string of the molecule is COc1cc(OC)c(C(=O)CCCN2CCCC2)c(OC)c1.Cn1c(=O)c2c(ncn2CC(=O)O)n(C)c1=O. The summed E-state index contributed by atoms with van der Waals surface area (Å²) in [6.45, 7) is 2.92. The Morgan fingerprint density at radius 3 is 2.13 bits per heavy atom. The second kappa shape index (κ2) is 13.1. The molecule has 3 heterocycles. The summed E-state index contributed by atoms with van der Waals surface area (Å²) in [4.78, 5) is 52.9. The van der Waals surface area contributed by atoms with Gasteiger partial charge in [0.15, 0.2) is 16.9 Å². The first-order valence-corrected chi connectivity index (χ1v) is 12.5. The minimum absolute atomic E-state index is 0.0514. The average molecular weight is 546 g/mol. The highest BCUT2D eigenvalue weighted by Gasteiger charge is 2.21. The van der Waals surface area contributed by atoms with Crippen molar-refractivity contribution in [3.8, 4) is 17.2 Å². The van der Waals surface area contributed by atoms with Crippen LogP contribution in [-0.2, 0) is 25.4 Å². The van der Waals surface area contributed by atoms with Crippen LogP contribution < -0.4 is 25.5 Å². The molecule has 1 aliphatic rings. The van der Waals surface area contributed by atoms with Gasteiger partial charge in [-0.05, 0) is 38.9 Å². The van der Waals surface area contributed by atoms with Crippen molar-refractivity contribution in [2.75, 3.05) is 41.0 Å². The second-order valence-electron chi connectivity index (χ2n) is 9.13. The molecule has 39 heavy (non-hydrogen) atoms. The van der Waals surface area contributed by atoms with Gasteiger partial charge in [-0.3, -0.25) is 23.5 Å². The number of fused-ring (bicyclic) bond motifs is 1. The predicted molar refractivity (Wildman–Crippen MR) is 143 cm³/mol. The lowest BCUT2D eigenvalue weighted by Crippen LogP contribution is -2.37. The number of benzene rings is 1. The van der Waals surface area contributed by atoms with Crippen molar-refractivity contribution in [3.05, 3.63) is 44.9 Å². The molecular formula is C26H35N5O8. The molecule has 0 aliphatic carbocycles. The number of hydrogen-bond donors (Lipinski definition) is 1. The lowest BCUT2D eigenvalue weighted by atomic mass is 10.0. The van der Waals surface area contributed by atoms with E-state index in [1.165, 1.54) is 42.4 Å². The maximum Gasteiger partial charge on any atom is 0.332 e. The van der Waals surface area contributed by atoms with Crippen molar-refractivity contribution in [1.82, 2.24) is 23.6 Å². The van der Waals surface area contributed by atoms with Crippen molar-refractivity contribution in [2.24, 2.45) is 14.1 Å². The summed E-state index contributed by atoms with van der Waals surface area (Å²) in [5.41, 5.74) is -0.256. The molecule has 1 N–H and O–H groups in total. The van der Waals surface area contributed by atoms with Crippen LogP contribution in [0.25, 0.3) is 11.2 Å². The van der Waals surface area contributed by atoms with Crippen molar-refractivity contribution in [3.63, 3.8) is 0 Å². The van der Waals surface area contributed by atoms with Gasteiger partial charge in [0, 0.05) is 32.6 Å². The summed E-state index contributed by atoms with van der Waals surface area (Å²) in [7, 11) is 7.49. The first kappa shape index (κ1) is 29.4. The highest BCUT2D eigenvalue weighted by molar-refractivity contribution is 6.01. The summed E-state index contributed by atoms with van der Waals surface area (Å²) >= 11 is 0. The molecule has 1 aliphatic heterocycles. The number of rotatable bonds is 10. The lowest BCUT2D eigenvalue weighted by molar-refractivity contribution is -0.137. The fraction of sp³-hybridized carbons (Fsp3) is 0.500. The molecule has 0 bridgehead atoms. The molecule has 13 heteroatoms. The first-order valence-electron chi connectivity index (χ1n) is 12.5. The van der Waals surface area contributed by atoms with Crippen molar-refractivity contribution in [2.45, 2.75) is 32.2 Å². The summed E-state index contributed by atoms with van der Waals surface area (Å²) in [5, 5.41) is 8.70. The zero-order valence-electron chi connectivity index (χ0n) is 22.9. The maximum atomic E-state index is 12.6. The molecule has 0 radical (unpaired) electrons. The van der Waals surface area contributed by atoms with Gasteiger partial charge >= 0.3 is 11.7 Å². The standard InChI is InChI=1S/C17H25NO4.C9H10N4O4/c1-20-13-11-15(21-2)17(16(12-13)22-3)14(19)7-6-10-18-8-4-5-9-18;1-11-7-6(8(16)12(2)9(11)17)13(4-10-7)3-5(14)15/h11-12H,4-10H2,1-3H3;4H,3H2,1-2H3,(H,14,15). The molecule has 0 saturated carbocycles. The molecule has 0 atom stereocenters. The van der Waals surface area contributed by atoms with Gasteiger partial charge in [-0.1, -0.05) is 0 Å². The molecule has 2 aromatic heterocycles. The summed E-state index contributed by atoms with van der Waals surface area (Å²) < 4.78 is 19.2. The number of imidazole rings is 1. The van der Waals surface area contributed by atoms with Gasteiger partial charge in [0.1, 0.15) is 29.4 Å². The number of aromatic nitrogens is 4. The fourth-order valence-electron chi connectivity index (χ4n) is 4.54. The van der Waals surface area contributed by atoms with Crippen LogP contribution in [0.3, 0.4) is 0 Å². The van der Waals surface area contributed by atoms with Crippen LogP contribution in [0.4, 0.5) is 0 Å². The number of nitrogens with zero attached hydrogens (tertiary/aromatic N) is 5. The third-order valence-electron chi connectivity index (χ3n) is 6.59. The number of ether oxygens (including phenoxy) is 3. The number of methoxy groups -OCH3 is 3. The Hall–Kier alpha value is -4.13. The minimum Gasteiger partial charge on any atom is -0.496 e. The number of Topliss-reactive ketones (excluding diaryl/α,β-unsaturated/α-hetero) is 1. The number of aryl methyl sites for hydroxylation is 1. The van der Waals surface area contributed by atoms with Crippen molar-refractivity contribution in [1.29, 1.82) is 0 Å². The molecule has 0 spiro atoms. The van der Waals surface area contributed by atoms with Crippen molar-refractivity contribution >= 4 is 22.9 Å². The summed E-state index contributed by atoms with van der Waals surface area (Å²) in [6, 6.07) is 3.44. The number of likely N-dealkylation sites (tertiary alicyclic amines) is 1. The van der Waals surface area contributed by atoms with Crippen LogP contribution in [0.15, 0.2) is 28.0 Å². The van der Waals surface area contributed by atoms with Crippen LogP contribution in [0, 0.1) is 0 Å². The molecule has 1 fully saturated rings. The van der Waals surface area contributed by atoms with Crippen LogP contribution >= 0.6 is 0 Å². The molecule has 1 saturated heterocycles. The monoisotopic (exact) mass is 545 g/mol. The maximum absolute atomic E-state index is 12.6. The Bertz CT molecular complexity index is 1420. The minimum atomic E-state index is -1.08. The van der Waals surface area contributed by atoms with Crippen LogP contribution in [-0.4, -0.2) is 81.4 Å². The van der Waals surface area contributed by atoms with E-state index in [1.54, 1.807) is 33.5 Å². The predicted octanol–water partition coefficient (Wildman–Crippen LogP) is 1.29. The van der Waals surface area contributed by atoms with E-state index in [2.05, 4.69) is 9.88 Å². The topological polar surface area (TPSA) is 147 Å². The Balaban J connectivity index is 0.000000223. The smallest absolute Gasteiger partial charge is 0.332 e. The highest BCUT2D eigenvalue weighted by atomic mass is 16.5. The first-order chi connectivity index (χ1) is 18.6. The highest BCUT2D eigenvalue weighted by Crippen LogP contribution is 2.35. The molecule has 1 aromatic carbocycles. The number of carbonyl (C=O) groups excluding carboxylic acids is 1. The lowest BCUT2D eigenvalue weighted by Gasteiger charge is -2.16. The van der Waals surface area contributed by atoms with Gasteiger partial charge in [0.05, 0.1) is 27.7 Å². The average Bonchev–Trinajstić information content (AvgIpc) is 3.60. The number of carboxylic acids is 1. The molecule has 0 amide bonds. The molecule has 13 nitrogen and oxygen atoms in total. The zero-order valence-corrected chi connectivity index (χ0v) is 22.9. The van der Waals surface area contributed by atoms with E-state index in [0.29, 0.717) is 29.2 Å². The zero-order chi connectivity index (χ0) is 28.7. The second-order valence-corrected chi connectivity index (χ2v) is 9.13. The van der Waals surface area contributed by atoms with E-state index in [1.807, 2.05) is 0 Å². The Labute approximate surface area is 225 Å². The fourth-order valence-corrected chi connectivity index (χ4v) is 4.54. The summed E-state index contributed by atoms with van der Waals surface area (Å²) in [6.07, 6.45) is 5.13. The van der Waals surface area contributed by atoms with E-state index < -0.39 is 17.2 Å². The van der Waals surface area contributed by atoms with E-state index in [-0.39, 0.29) is 23.5 Å². The van der Waals surface area contributed by atoms with Gasteiger partial charge in [-0.25, -0.2) is 9.78 Å². The quantitative estimate of drug-likeness (QED) is 0.370. The van der Waals surface area contributed by atoms with Gasteiger partial charge < -0.3 is 28.8 Å². The van der Waals surface area contributed by atoms with Gasteiger partial charge in [-0.15, -0.1) is 0 Å². The van der Waals surface area contributed by atoms with Gasteiger partial charge in [0.2, 0.25) is 0 Å². The van der Waals surface area contributed by atoms with Crippen LogP contribution in [0.1, 0.15) is 36.0 Å². The number of carboxylic acid groups (broad SMARTS) is 1. The Morgan fingerprint density at radius 2 is 1.59 bits per heavy atom. The molecule has 4 rings (SSSR count). The van der Waals surface area contributed by atoms with E-state index in [9.17, 15) is 19.2 Å². The van der Waals surface area contributed by atoms with E-state index >= 15 is 0 Å². The number of hydrogen-bond acceptors (Lipinski definition) is 9. The number of aliphatic carboxylic acids is 1. The molecule has 3 aromatic rings. The molecule has 0 unspecified atom stereocenters. The van der Waals surface area contributed by atoms with Crippen LogP contribution in [0.5, 0.6) is 17.2 Å². The van der Waals surface area contributed by atoms with Crippen molar-refractivity contribution < 1.29 is 28.9 Å². The Morgan fingerprint density at radius 1 is 0.974 bits per heavy atom. The largest absolute Gasteiger partial charge is 0.496 e. The number of ketones is 1. The third kappa shape index (κ3) is 6.66. The van der Waals surface area contributed by atoms with E-state index in [4.69, 9.17) is 19.3 Å². The summed E-state index contributed by atoms with van der Waals surface area (Å²) in [5.74, 6) is 0.586. The van der Waals surface area contributed by atoms with Crippen LogP contribution in [0.2, 0.25) is 0 Å². The van der Waals surface area contributed by atoms with Gasteiger partial charge in [0.25, 0.3) is 5.56 Å². The third-order valence-corrected chi connectivity index (χ3v) is 6.59.